The first-order valence-electron chi connectivity index (χ1n) is 11.7. The topological polar surface area (TPSA) is 305 Å². The summed E-state index contributed by atoms with van der Waals surface area (Å²) in [6, 6.07) is -3.30. The molecule has 16 nitrogen and oxygen atoms in total. The Morgan fingerprint density at radius 1 is 0.667 bits per heavy atom. The maximum Gasteiger partial charge on any atom is 0.326 e. The lowest BCUT2D eigenvalue weighted by atomic mass is 10.1. The molecule has 0 bridgehead atoms. The van der Waals surface area contributed by atoms with Gasteiger partial charge in [-0.2, -0.15) is 0 Å². The van der Waals surface area contributed by atoms with Crippen molar-refractivity contribution in [1.29, 1.82) is 0 Å². The van der Waals surface area contributed by atoms with E-state index in [0.717, 1.165) is 0 Å². The van der Waals surface area contributed by atoms with Crippen LogP contribution in [0.5, 0.6) is 0 Å². The molecule has 0 aromatic rings. The monoisotopic (exact) mass is 515 g/mol. The standard InChI is InChI=1S/C20H41N11O5/c21-8-2-1-5-14(18(35)36)31-17(34)13(7-4-10-28-20(25)26)30-16(33)12(29-15(32)11-22)6-3-9-27-19(23)24/h12-14H,1-11,21-22H2,(H,29,32)(H,30,33)(H,31,34)(H,35,36)(H4,23,24,27)(H4,25,26,28). The molecule has 0 heterocycles. The van der Waals surface area contributed by atoms with Gasteiger partial charge in [0.25, 0.3) is 0 Å². The predicted molar refractivity (Wildman–Crippen MR) is 135 cm³/mol. The molecular weight excluding hydrogens is 474 g/mol. The summed E-state index contributed by atoms with van der Waals surface area (Å²) in [7, 11) is 0. The summed E-state index contributed by atoms with van der Waals surface area (Å²) in [4.78, 5) is 57.0. The summed E-state index contributed by atoms with van der Waals surface area (Å²) in [5.74, 6) is -3.37. The van der Waals surface area contributed by atoms with Crippen molar-refractivity contribution in [3.63, 3.8) is 0 Å². The van der Waals surface area contributed by atoms with Gasteiger partial charge in [-0.3, -0.25) is 24.4 Å². The smallest absolute Gasteiger partial charge is 0.326 e. The van der Waals surface area contributed by atoms with Gasteiger partial charge in [0.15, 0.2) is 11.9 Å². The average molecular weight is 516 g/mol. The molecule has 0 aliphatic rings. The minimum atomic E-state index is -1.21. The largest absolute Gasteiger partial charge is 0.480 e. The first-order valence-corrected chi connectivity index (χ1v) is 11.7. The number of aliphatic carboxylic acids is 1. The molecule has 0 aromatic heterocycles. The number of hydrogen-bond acceptors (Lipinski definition) is 8. The molecule has 206 valence electrons. The Morgan fingerprint density at radius 2 is 1.11 bits per heavy atom. The van der Waals surface area contributed by atoms with Gasteiger partial charge in [0, 0.05) is 13.1 Å². The quantitative estimate of drug-likeness (QED) is 0.0445. The number of carboxylic acids is 1. The summed E-state index contributed by atoms with van der Waals surface area (Å²) in [5, 5.41) is 17.0. The maximum absolute atomic E-state index is 13.0. The van der Waals surface area contributed by atoms with Gasteiger partial charge < -0.3 is 55.5 Å². The van der Waals surface area contributed by atoms with Crippen LogP contribution in [0.15, 0.2) is 9.98 Å². The highest BCUT2D eigenvalue weighted by molar-refractivity contribution is 5.93. The number of guanidine groups is 2. The lowest BCUT2D eigenvalue weighted by Crippen LogP contribution is -2.56. The van der Waals surface area contributed by atoms with Crippen LogP contribution in [0, 0.1) is 0 Å². The predicted octanol–water partition coefficient (Wildman–Crippen LogP) is -4.28. The molecule has 3 atom stereocenters. The molecule has 0 aromatic carbocycles. The first kappa shape index (κ1) is 32.3. The molecule has 0 aliphatic heterocycles. The van der Waals surface area contributed by atoms with Crippen molar-refractivity contribution in [3.05, 3.63) is 0 Å². The maximum atomic E-state index is 13.0. The molecule has 0 saturated carbocycles. The Morgan fingerprint density at radius 3 is 1.53 bits per heavy atom. The number of carbonyl (C=O) groups is 4. The second-order valence-corrected chi connectivity index (χ2v) is 7.97. The molecule has 3 unspecified atom stereocenters. The highest BCUT2D eigenvalue weighted by atomic mass is 16.4. The number of unbranched alkanes of at least 4 members (excludes halogenated alkanes) is 1. The van der Waals surface area contributed by atoms with Crippen molar-refractivity contribution in [2.75, 3.05) is 26.2 Å². The minimum Gasteiger partial charge on any atom is -0.480 e. The molecule has 0 radical (unpaired) electrons. The molecule has 0 spiro atoms. The van der Waals surface area contributed by atoms with Crippen molar-refractivity contribution < 1.29 is 24.3 Å². The molecule has 0 aliphatic carbocycles. The van der Waals surface area contributed by atoms with Gasteiger partial charge in [-0.05, 0) is 51.5 Å². The first-order chi connectivity index (χ1) is 17.0. The van der Waals surface area contributed by atoms with E-state index in [4.69, 9.17) is 34.4 Å². The SMILES string of the molecule is NCCCCC(NC(=O)C(CCCN=C(N)N)NC(=O)C(CCCN=C(N)N)NC(=O)CN)C(=O)O. The third kappa shape index (κ3) is 15.3. The summed E-state index contributed by atoms with van der Waals surface area (Å²) in [5.41, 5.74) is 32.0. The zero-order valence-corrected chi connectivity index (χ0v) is 20.4. The average Bonchev–Trinajstić information content (AvgIpc) is 2.81. The molecule has 16 N–H and O–H groups in total. The van der Waals surface area contributed by atoms with Gasteiger partial charge in [0.1, 0.15) is 18.1 Å². The van der Waals surface area contributed by atoms with Gasteiger partial charge in [-0.1, -0.05) is 0 Å². The van der Waals surface area contributed by atoms with Crippen molar-refractivity contribution in [2.45, 2.75) is 63.1 Å². The van der Waals surface area contributed by atoms with Gasteiger partial charge in [-0.25, -0.2) is 4.79 Å². The molecule has 16 heteroatoms. The van der Waals surface area contributed by atoms with E-state index in [-0.39, 0.29) is 50.8 Å². The Balaban J connectivity index is 5.50. The lowest BCUT2D eigenvalue weighted by Gasteiger charge is -2.24. The summed E-state index contributed by atoms with van der Waals surface area (Å²) in [6.45, 7) is 0.453. The highest BCUT2D eigenvalue weighted by Gasteiger charge is 2.29. The van der Waals surface area contributed by atoms with Crippen molar-refractivity contribution in [2.24, 2.45) is 44.4 Å². The van der Waals surface area contributed by atoms with E-state index in [0.29, 0.717) is 32.2 Å². The van der Waals surface area contributed by atoms with Crippen LogP contribution in [-0.4, -0.2) is 85.0 Å². The van der Waals surface area contributed by atoms with Crippen molar-refractivity contribution >= 4 is 35.6 Å². The summed E-state index contributed by atoms with van der Waals surface area (Å²) < 4.78 is 0. The number of amides is 3. The molecular formula is C20H41N11O5. The van der Waals surface area contributed by atoms with Crippen LogP contribution in [0.2, 0.25) is 0 Å². The molecule has 0 saturated heterocycles. The van der Waals surface area contributed by atoms with E-state index in [1.807, 2.05) is 0 Å². The van der Waals surface area contributed by atoms with Crippen LogP contribution in [-0.2, 0) is 19.2 Å². The second kappa shape index (κ2) is 18.6. The number of nitrogens with one attached hydrogen (secondary N) is 3. The van der Waals surface area contributed by atoms with Gasteiger partial charge in [0.2, 0.25) is 17.7 Å². The molecule has 0 rings (SSSR count). The normalized spacial score (nSPS) is 12.9. The van der Waals surface area contributed by atoms with E-state index in [1.54, 1.807) is 0 Å². The van der Waals surface area contributed by atoms with Gasteiger partial charge in [-0.15, -0.1) is 0 Å². The number of nitrogens with zero attached hydrogens (tertiary/aromatic N) is 2. The lowest BCUT2D eigenvalue weighted by molar-refractivity contribution is -0.142. The van der Waals surface area contributed by atoms with E-state index >= 15 is 0 Å². The second-order valence-electron chi connectivity index (χ2n) is 7.97. The van der Waals surface area contributed by atoms with Crippen molar-refractivity contribution in [3.8, 4) is 0 Å². The van der Waals surface area contributed by atoms with Gasteiger partial charge in [0.05, 0.1) is 6.54 Å². The van der Waals surface area contributed by atoms with E-state index in [9.17, 15) is 24.3 Å². The zero-order chi connectivity index (χ0) is 27.5. The van der Waals surface area contributed by atoms with Crippen LogP contribution in [0.25, 0.3) is 0 Å². The minimum absolute atomic E-state index is 0.106. The van der Waals surface area contributed by atoms with Crippen LogP contribution in [0.3, 0.4) is 0 Å². The fraction of sp³-hybridized carbons (Fsp3) is 0.700. The third-order valence-electron chi connectivity index (χ3n) is 4.92. The Bertz CT molecular complexity index is 767. The van der Waals surface area contributed by atoms with Crippen LogP contribution in [0.4, 0.5) is 0 Å². The van der Waals surface area contributed by atoms with Gasteiger partial charge >= 0.3 is 5.97 Å². The molecule has 0 fully saturated rings. The number of rotatable bonds is 19. The van der Waals surface area contributed by atoms with Crippen LogP contribution >= 0.6 is 0 Å². The third-order valence-corrected chi connectivity index (χ3v) is 4.92. The van der Waals surface area contributed by atoms with E-state index in [2.05, 4.69) is 25.9 Å². The van der Waals surface area contributed by atoms with Crippen molar-refractivity contribution in [1.82, 2.24) is 16.0 Å². The van der Waals surface area contributed by atoms with E-state index in [1.165, 1.54) is 0 Å². The fourth-order valence-corrected chi connectivity index (χ4v) is 3.09. The Labute approximate surface area is 210 Å². The highest BCUT2D eigenvalue weighted by Crippen LogP contribution is 2.06. The fourth-order valence-electron chi connectivity index (χ4n) is 3.09. The number of carbonyl (C=O) groups excluding carboxylic acids is 3. The zero-order valence-electron chi connectivity index (χ0n) is 20.4. The summed E-state index contributed by atoms with van der Waals surface area (Å²) >= 11 is 0. The number of hydrogen-bond donors (Lipinski definition) is 10. The Kier molecular flexibility index (Phi) is 16.7. The van der Waals surface area contributed by atoms with E-state index < -0.39 is 41.8 Å². The van der Waals surface area contributed by atoms with Crippen LogP contribution in [0.1, 0.15) is 44.9 Å². The number of aliphatic imine (C=N–C) groups is 2. The van der Waals surface area contributed by atoms with Crippen LogP contribution < -0.4 is 50.4 Å². The Hall–Kier alpha value is -3.66. The number of nitrogens with two attached hydrogens (primary N) is 6. The number of carboxylic acid groups (broad SMARTS) is 1. The molecule has 36 heavy (non-hydrogen) atoms. The molecule has 3 amide bonds. The summed E-state index contributed by atoms with van der Waals surface area (Å²) in [6.07, 6.45) is 2.20.